The standard InChI is InChI=1S/C36H34F4N4O8S/c1-35(2,3)52-33(45)42-19-24-21(8-6-9-25(24)36(39,40)20-42)17-43-27-15-26(37)30(16-29(27)51-34(43)46)53(47,48)44(32-11-7-10-31(38)41-32)18-22-12-13-23(49-4)14-28(22)50-5/h6-16H,17-20H2,1-5H3. The molecule has 0 saturated carbocycles. The maximum Gasteiger partial charge on any atom is 0.420 e. The monoisotopic (exact) mass is 758 g/mol. The van der Waals surface area contributed by atoms with Crippen molar-refractivity contribution in [1.82, 2.24) is 14.5 Å². The molecular formula is C36H34F4N4O8S. The molecule has 0 atom stereocenters. The fourth-order valence-corrected chi connectivity index (χ4v) is 7.46. The molecule has 0 saturated heterocycles. The van der Waals surface area contributed by atoms with Gasteiger partial charge < -0.3 is 18.6 Å². The van der Waals surface area contributed by atoms with Crippen LogP contribution in [-0.2, 0) is 40.3 Å². The van der Waals surface area contributed by atoms with E-state index in [4.69, 9.17) is 18.6 Å². The number of fused-ring (bicyclic) bond motifs is 2. The maximum absolute atomic E-state index is 16.1. The summed E-state index contributed by atoms with van der Waals surface area (Å²) in [6.45, 7) is 2.74. The Morgan fingerprint density at radius 1 is 1.00 bits per heavy atom. The Bertz CT molecular complexity index is 2390. The van der Waals surface area contributed by atoms with Gasteiger partial charge in [-0.05, 0) is 56.2 Å². The van der Waals surface area contributed by atoms with Crippen LogP contribution in [0.15, 0.2) is 80.8 Å². The van der Waals surface area contributed by atoms with Crippen LogP contribution in [0.3, 0.4) is 0 Å². The van der Waals surface area contributed by atoms with Crippen molar-refractivity contribution in [3.05, 3.63) is 111 Å². The predicted molar refractivity (Wildman–Crippen MR) is 184 cm³/mol. The van der Waals surface area contributed by atoms with Crippen molar-refractivity contribution < 1.29 is 49.4 Å². The minimum atomic E-state index is -4.91. The molecule has 0 fully saturated rings. The summed E-state index contributed by atoms with van der Waals surface area (Å²) < 4.78 is 113. The third-order valence-corrected chi connectivity index (χ3v) is 10.2. The molecule has 0 spiro atoms. The molecule has 6 rings (SSSR count). The highest BCUT2D eigenvalue weighted by molar-refractivity contribution is 7.92. The van der Waals surface area contributed by atoms with Gasteiger partial charge in [0.15, 0.2) is 5.58 Å². The van der Waals surface area contributed by atoms with Gasteiger partial charge in [-0.15, -0.1) is 0 Å². The van der Waals surface area contributed by atoms with Gasteiger partial charge >= 0.3 is 11.8 Å². The molecule has 3 heterocycles. The van der Waals surface area contributed by atoms with Gasteiger partial charge in [0.2, 0.25) is 5.95 Å². The molecule has 1 aliphatic heterocycles. The van der Waals surface area contributed by atoms with E-state index in [2.05, 4.69) is 4.98 Å². The van der Waals surface area contributed by atoms with E-state index < -0.39 is 69.7 Å². The van der Waals surface area contributed by atoms with Crippen LogP contribution < -0.4 is 19.5 Å². The molecule has 0 radical (unpaired) electrons. The fraction of sp³-hybridized carbons (Fsp3) is 0.306. The van der Waals surface area contributed by atoms with E-state index in [9.17, 15) is 22.4 Å². The van der Waals surface area contributed by atoms with Gasteiger partial charge in [0.25, 0.3) is 15.9 Å². The summed E-state index contributed by atoms with van der Waals surface area (Å²) in [5, 5.41) is 0. The van der Waals surface area contributed by atoms with Crippen molar-refractivity contribution in [1.29, 1.82) is 0 Å². The Morgan fingerprint density at radius 3 is 2.42 bits per heavy atom. The number of methoxy groups -OCH3 is 2. The van der Waals surface area contributed by atoms with Crippen molar-refractivity contribution in [3.8, 4) is 11.5 Å². The highest BCUT2D eigenvalue weighted by atomic mass is 32.2. The van der Waals surface area contributed by atoms with Crippen LogP contribution in [-0.4, -0.2) is 55.3 Å². The number of ether oxygens (including phenoxy) is 3. The second-order valence-corrected chi connectivity index (χ2v) is 15.0. The van der Waals surface area contributed by atoms with Crippen LogP contribution >= 0.6 is 0 Å². The Labute approximate surface area is 301 Å². The number of pyridine rings is 1. The lowest BCUT2D eigenvalue weighted by molar-refractivity contribution is -0.0593. The average molecular weight is 759 g/mol. The van der Waals surface area contributed by atoms with Crippen LogP contribution in [0.1, 0.15) is 43.0 Å². The Hall–Kier alpha value is -5.58. The number of aromatic nitrogens is 2. The molecule has 1 aliphatic rings. The predicted octanol–water partition coefficient (Wildman–Crippen LogP) is 6.57. The molecular weight excluding hydrogens is 724 g/mol. The number of benzene rings is 3. The fourth-order valence-electron chi connectivity index (χ4n) is 6.00. The number of alkyl halides is 2. The number of anilines is 1. The highest BCUT2D eigenvalue weighted by Crippen LogP contribution is 2.39. The summed E-state index contributed by atoms with van der Waals surface area (Å²) in [6, 6.07) is 13.7. The molecule has 0 bridgehead atoms. The Morgan fingerprint density at radius 2 is 1.74 bits per heavy atom. The third kappa shape index (κ3) is 7.38. The largest absolute Gasteiger partial charge is 0.497 e. The SMILES string of the molecule is COc1ccc(CN(c2cccc(F)n2)S(=O)(=O)c2cc3oc(=O)n(Cc4cccc5c4CN(C(=O)OC(C)(C)C)CC5(F)F)c3cc2F)c(OC)c1. The van der Waals surface area contributed by atoms with Gasteiger partial charge in [0.1, 0.15) is 33.6 Å². The van der Waals surface area contributed by atoms with Gasteiger partial charge in [-0.25, -0.2) is 31.7 Å². The molecule has 12 nitrogen and oxygen atoms in total. The first-order chi connectivity index (χ1) is 24.9. The number of carbonyl (C=O) groups is 1. The van der Waals surface area contributed by atoms with Crippen LogP contribution in [0.25, 0.3) is 11.1 Å². The van der Waals surface area contributed by atoms with Crippen molar-refractivity contribution in [2.24, 2.45) is 0 Å². The van der Waals surface area contributed by atoms with Gasteiger partial charge in [0, 0.05) is 29.3 Å². The zero-order valence-electron chi connectivity index (χ0n) is 29.2. The van der Waals surface area contributed by atoms with E-state index >= 15 is 13.2 Å². The molecule has 17 heteroatoms. The highest BCUT2D eigenvalue weighted by Gasteiger charge is 2.44. The smallest absolute Gasteiger partial charge is 0.420 e. The van der Waals surface area contributed by atoms with E-state index in [1.165, 1.54) is 56.7 Å². The summed E-state index contributed by atoms with van der Waals surface area (Å²) in [5.41, 5.74) is -1.26. The lowest BCUT2D eigenvalue weighted by Gasteiger charge is -2.36. The quantitative estimate of drug-likeness (QED) is 0.121. The molecule has 0 N–H and O–H groups in total. The summed E-state index contributed by atoms with van der Waals surface area (Å²) in [4.78, 5) is 29.7. The number of rotatable bonds is 9. The van der Waals surface area contributed by atoms with Gasteiger partial charge in [0.05, 0.1) is 45.9 Å². The number of nitrogens with zero attached hydrogens (tertiary/aromatic N) is 4. The summed E-state index contributed by atoms with van der Waals surface area (Å²) in [6.07, 6.45) is -0.952. The van der Waals surface area contributed by atoms with Gasteiger partial charge in [-0.2, -0.15) is 13.2 Å². The number of sulfonamides is 1. The van der Waals surface area contributed by atoms with E-state index in [0.717, 1.165) is 27.7 Å². The first-order valence-corrected chi connectivity index (χ1v) is 17.5. The number of halogens is 4. The second kappa shape index (κ2) is 13.8. The maximum atomic E-state index is 16.1. The molecule has 280 valence electrons. The number of amides is 1. The molecule has 0 unspecified atom stereocenters. The molecule has 5 aromatic rings. The van der Waals surface area contributed by atoms with E-state index in [1.54, 1.807) is 26.8 Å². The third-order valence-electron chi connectivity index (χ3n) is 8.44. The number of oxazole rings is 1. The summed E-state index contributed by atoms with van der Waals surface area (Å²) >= 11 is 0. The lowest BCUT2D eigenvalue weighted by atomic mass is 9.92. The second-order valence-electron chi connectivity index (χ2n) is 13.2. The van der Waals surface area contributed by atoms with E-state index in [-0.39, 0.29) is 45.9 Å². The lowest BCUT2D eigenvalue weighted by Crippen LogP contribution is -2.46. The number of hydrogen-bond donors (Lipinski definition) is 0. The van der Waals surface area contributed by atoms with Crippen LogP contribution in [0, 0.1) is 11.8 Å². The zero-order valence-corrected chi connectivity index (χ0v) is 30.0. The first kappa shape index (κ1) is 37.2. The molecule has 53 heavy (non-hydrogen) atoms. The number of hydrogen-bond acceptors (Lipinski definition) is 9. The van der Waals surface area contributed by atoms with Gasteiger partial charge in [-0.1, -0.05) is 24.3 Å². The van der Waals surface area contributed by atoms with Gasteiger partial charge in [-0.3, -0.25) is 9.47 Å². The normalized spacial score (nSPS) is 14.2. The van der Waals surface area contributed by atoms with Crippen LogP contribution in [0.5, 0.6) is 11.5 Å². The minimum absolute atomic E-state index is 0.0581. The summed E-state index contributed by atoms with van der Waals surface area (Å²) in [7, 11) is -2.13. The van der Waals surface area contributed by atoms with E-state index in [0.29, 0.717) is 15.6 Å². The molecule has 2 aromatic heterocycles. The first-order valence-electron chi connectivity index (χ1n) is 16.1. The van der Waals surface area contributed by atoms with Crippen molar-refractivity contribution in [2.75, 3.05) is 25.1 Å². The zero-order chi connectivity index (χ0) is 38.5. The Kier molecular flexibility index (Phi) is 9.66. The molecule has 1 amide bonds. The summed E-state index contributed by atoms with van der Waals surface area (Å²) in [5.74, 6) is -6.55. The Balaban J connectivity index is 1.40. The molecule has 3 aromatic carbocycles. The number of carbonyl (C=O) groups excluding carboxylic acids is 1. The molecule has 0 aliphatic carbocycles. The van der Waals surface area contributed by atoms with Crippen molar-refractivity contribution in [3.63, 3.8) is 0 Å². The average Bonchev–Trinajstić information content (AvgIpc) is 3.38. The van der Waals surface area contributed by atoms with Crippen LogP contribution in [0.2, 0.25) is 0 Å². The van der Waals surface area contributed by atoms with Crippen LogP contribution in [0.4, 0.5) is 28.2 Å². The minimum Gasteiger partial charge on any atom is -0.497 e. The van der Waals surface area contributed by atoms with Crippen molar-refractivity contribution in [2.45, 2.75) is 56.8 Å². The van der Waals surface area contributed by atoms with E-state index in [1.807, 2.05) is 0 Å². The van der Waals surface area contributed by atoms with Crippen molar-refractivity contribution >= 4 is 33.0 Å². The topological polar surface area (TPSA) is 133 Å².